The third kappa shape index (κ3) is 2.27. The van der Waals surface area contributed by atoms with Gasteiger partial charge in [0.2, 0.25) is 0 Å². The van der Waals surface area contributed by atoms with Crippen molar-refractivity contribution in [3.05, 3.63) is 27.8 Å². The minimum Gasteiger partial charge on any atom is -0.508 e. The Morgan fingerprint density at radius 2 is 2.00 bits per heavy atom. The van der Waals surface area contributed by atoms with Gasteiger partial charge >= 0.3 is 0 Å². The summed E-state index contributed by atoms with van der Waals surface area (Å²) in [5.74, 6) is 0.233. The van der Waals surface area contributed by atoms with Crippen molar-refractivity contribution in [3.8, 4) is 5.75 Å². The summed E-state index contributed by atoms with van der Waals surface area (Å²) in [6.45, 7) is 4.03. The zero-order chi connectivity index (χ0) is 9.30. The van der Waals surface area contributed by atoms with E-state index in [2.05, 4.69) is 0 Å². The van der Waals surface area contributed by atoms with Crippen LogP contribution < -0.4 is 5.73 Å². The van der Waals surface area contributed by atoms with Crippen LogP contribution in [0.2, 0.25) is 5.02 Å². The molecule has 4 heteroatoms. The molecular formula is C9H13Cl2NO. The summed E-state index contributed by atoms with van der Waals surface area (Å²) in [4.78, 5) is 0. The average Bonchev–Trinajstić information content (AvgIpc) is 2.01. The van der Waals surface area contributed by atoms with Gasteiger partial charge in [-0.15, -0.1) is 12.4 Å². The summed E-state index contributed by atoms with van der Waals surface area (Å²) in [5, 5.41) is 10.1. The number of halogens is 2. The molecule has 0 aromatic heterocycles. The van der Waals surface area contributed by atoms with Crippen molar-refractivity contribution >= 4 is 24.0 Å². The molecule has 1 rings (SSSR count). The molecule has 0 aliphatic heterocycles. The minimum atomic E-state index is 0. The highest BCUT2D eigenvalue weighted by Crippen LogP contribution is 2.30. The van der Waals surface area contributed by atoms with Crippen molar-refractivity contribution in [2.45, 2.75) is 20.4 Å². The first kappa shape index (κ1) is 12.6. The number of phenols is 1. The minimum absolute atomic E-state index is 0. The average molecular weight is 222 g/mol. The molecule has 2 nitrogen and oxygen atoms in total. The molecule has 3 N–H and O–H groups in total. The maximum Gasteiger partial charge on any atom is 0.120 e. The van der Waals surface area contributed by atoms with Gasteiger partial charge in [0, 0.05) is 17.1 Å². The van der Waals surface area contributed by atoms with E-state index in [-0.39, 0.29) is 18.2 Å². The third-order valence-electron chi connectivity index (χ3n) is 1.99. The van der Waals surface area contributed by atoms with Crippen LogP contribution in [0.25, 0.3) is 0 Å². The summed E-state index contributed by atoms with van der Waals surface area (Å²) in [6.07, 6.45) is 0. The lowest BCUT2D eigenvalue weighted by Gasteiger charge is -2.09. The van der Waals surface area contributed by atoms with Gasteiger partial charge in [-0.05, 0) is 31.0 Å². The Bertz CT molecular complexity index is 313. The fourth-order valence-corrected chi connectivity index (χ4v) is 1.40. The molecule has 0 saturated carbocycles. The highest BCUT2D eigenvalue weighted by molar-refractivity contribution is 6.32. The maximum absolute atomic E-state index is 9.46. The van der Waals surface area contributed by atoms with Gasteiger partial charge < -0.3 is 10.8 Å². The molecule has 0 spiro atoms. The third-order valence-corrected chi connectivity index (χ3v) is 2.58. The van der Waals surface area contributed by atoms with Gasteiger partial charge in [0.1, 0.15) is 5.75 Å². The van der Waals surface area contributed by atoms with E-state index in [0.717, 1.165) is 16.7 Å². The molecule has 1 aromatic carbocycles. The van der Waals surface area contributed by atoms with Crippen molar-refractivity contribution in [1.82, 2.24) is 0 Å². The predicted molar refractivity (Wildman–Crippen MR) is 57.7 cm³/mol. The zero-order valence-electron chi connectivity index (χ0n) is 7.60. The molecule has 0 radical (unpaired) electrons. The first-order chi connectivity index (χ1) is 5.57. The second-order valence-electron chi connectivity index (χ2n) is 2.83. The smallest absolute Gasteiger partial charge is 0.120 e. The second kappa shape index (κ2) is 4.70. The monoisotopic (exact) mass is 221 g/mol. The first-order valence-electron chi connectivity index (χ1n) is 3.75. The second-order valence-corrected chi connectivity index (χ2v) is 3.21. The molecule has 74 valence electrons. The van der Waals surface area contributed by atoms with Crippen molar-refractivity contribution in [3.63, 3.8) is 0 Å². The Labute approximate surface area is 89.1 Å². The molecule has 0 heterocycles. The van der Waals surface area contributed by atoms with Gasteiger partial charge in [-0.25, -0.2) is 0 Å². The van der Waals surface area contributed by atoms with Crippen LogP contribution in [0.3, 0.4) is 0 Å². The topological polar surface area (TPSA) is 46.2 Å². The van der Waals surface area contributed by atoms with Crippen LogP contribution in [-0.4, -0.2) is 5.11 Å². The van der Waals surface area contributed by atoms with Gasteiger partial charge in [0.25, 0.3) is 0 Å². The van der Waals surface area contributed by atoms with Crippen LogP contribution in [-0.2, 0) is 6.54 Å². The molecule has 0 bridgehead atoms. The number of benzene rings is 1. The molecular weight excluding hydrogens is 209 g/mol. The van der Waals surface area contributed by atoms with Gasteiger partial charge in [-0.3, -0.25) is 0 Å². The van der Waals surface area contributed by atoms with Gasteiger partial charge in [0.05, 0.1) is 0 Å². The van der Waals surface area contributed by atoms with Crippen LogP contribution in [0, 0.1) is 13.8 Å². The normalized spacial score (nSPS) is 9.54. The number of aryl methyl sites for hydroxylation is 1. The molecule has 0 fully saturated rings. The van der Waals surface area contributed by atoms with E-state index in [9.17, 15) is 5.11 Å². The van der Waals surface area contributed by atoms with Crippen molar-refractivity contribution in [1.29, 1.82) is 0 Å². The lowest BCUT2D eigenvalue weighted by atomic mass is 10.0. The Morgan fingerprint density at radius 1 is 1.46 bits per heavy atom. The van der Waals surface area contributed by atoms with E-state index in [0.29, 0.717) is 11.6 Å². The van der Waals surface area contributed by atoms with Gasteiger partial charge in [0.15, 0.2) is 0 Å². The molecule has 1 aromatic rings. The standard InChI is InChI=1S/C9H12ClNO.ClH/c1-5-3-8(12)7(4-11)6(2)9(5)10;/h3,12H,4,11H2,1-2H3;1H. The van der Waals surface area contributed by atoms with Crippen LogP contribution in [0.5, 0.6) is 5.75 Å². The summed E-state index contributed by atoms with van der Waals surface area (Å²) >= 11 is 5.97. The molecule has 0 aliphatic rings. The summed E-state index contributed by atoms with van der Waals surface area (Å²) in [7, 11) is 0. The van der Waals surface area contributed by atoms with Gasteiger partial charge in [-0.2, -0.15) is 0 Å². The van der Waals surface area contributed by atoms with Crippen LogP contribution >= 0.6 is 24.0 Å². The fraction of sp³-hybridized carbons (Fsp3) is 0.333. The SMILES string of the molecule is Cc1cc(O)c(CN)c(C)c1Cl.Cl. The first-order valence-corrected chi connectivity index (χ1v) is 4.13. The molecule has 0 amide bonds. The Balaban J connectivity index is 0.00000144. The van der Waals surface area contributed by atoms with E-state index < -0.39 is 0 Å². The molecule has 13 heavy (non-hydrogen) atoms. The van der Waals surface area contributed by atoms with Crippen LogP contribution in [0.15, 0.2) is 6.07 Å². The highest BCUT2D eigenvalue weighted by Gasteiger charge is 2.09. The molecule has 0 atom stereocenters. The number of nitrogens with two attached hydrogens (primary N) is 1. The molecule has 0 saturated heterocycles. The largest absolute Gasteiger partial charge is 0.508 e. The Hall–Kier alpha value is -0.440. The summed E-state index contributed by atoms with van der Waals surface area (Å²) < 4.78 is 0. The Kier molecular flexibility index (Phi) is 4.54. The number of phenolic OH excluding ortho intramolecular Hbond substituents is 1. The summed E-state index contributed by atoms with van der Waals surface area (Å²) in [6, 6.07) is 1.64. The number of rotatable bonds is 1. The van der Waals surface area contributed by atoms with Crippen molar-refractivity contribution in [2.24, 2.45) is 5.73 Å². The zero-order valence-corrected chi connectivity index (χ0v) is 9.17. The van der Waals surface area contributed by atoms with Crippen molar-refractivity contribution < 1.29 is 5.11 Å². The quantitative estimate of drug-likeness (QED) is 0.766. The lowest BCUT2D eigenvalue weighted by Crippen LogP contribution is -2.00. The fourth-order valence-electron chi connectivity index (χ4n) is 1.23. The molecule has 0 unspecified atom stereocenters. The van der Waals surface area contributed by atoms with Gasteiger partial charge in [-0.1, -0.05) is 11.6 Å². The van der Waals surface area contributed by atoms with E-state index in [1.54, 1.807) is 6.07 Å². The highest BCUT2D eigenvalue weighted by atomic mass is 35.5. The lowest BCUT2D eigenvalue weighted by molar-refractivity contribution is 0.467. The van der Waals surface area contributed by atoms with E-state index in [1.807, 2.05) is 13.8 Å². The summed E-state index contributed by atoms with van der Waals surface area (Å²) in [5.41, 5.74) is 7.93. The van der Waals surface area contributed by atoms with E-state index in [1.165, 1.54) is 0 Å². The molecule has 0 aliphatic carbocycles. The predicted octanol–water partition coefficient (Wildman–Crippen LogP) is 2.54. The van der Waals surface area contributed by atoms with Crippen LogP contribution in [0.1, 0.15) is 16.7 Å². The van der Waals surface area contributed by atoms with Crippen molar-refractivity contribution in [2.75, 3.05) is 0 Å². The van der Waals surface area contributed by atoms with E-state index in [4.69, 9.17) is 17.3 Å². The Morgan fingerprint density at radius 3 is 2.46 bits per heavy atom. The number of hydrogen-bond acceptors (Lipinski definition) is 2. The maximum atomic E-state index is 9.46. The van der Waals surface area contributed by atoms with Crippen LogP contribution in [0.4, 0.5) is 0 Å². The number of hydrogen-bond donors (Lipinski definition) is 2. The number of aromatic hydroxyl groups is 1. The van der Waals surface area contributed by atoms with E-state index >= 15 is 0 Å².